The predicted molar refractivity (Wildman–Crippen MR) is 76.2 cm³/mol. The Labute approximate surface area is 118 Å². The summed E-state index contributed by atoms with van der Waals surface area (Å²) in [4.78, 5) is 0. The van der Waals surface area contributed by atoms with Crippen LogP contribution in [0.5, 0.6) is 11.5 Å². The minimum absolute atomic E-state index is 0.378. The molecule has 0 saturated heterocycles. The molecule has 1 unspecified atom stereocenters. The first-order valence-electron chi connectivity index (χ1n) is 6.46. The molecule has 0 aliphatic heterocycles. The Morgan fingerprint density at radius 1 is 1.20 bits per heavy atom. The number of aromatic nitrogens is 2. The van der Waals surface area contributed by atoms with Gasteiger partial charge in [-0.1, -0.05) is 0 Å². The summed E-state index contributed by atoms with van der Waals surface area (Å²) in [6, 6.07) is 7.36. The average Bonchev–Trinajstić information content (AvgIpc) is 2.76. The Morgan fingerprint density at radius 2 is 1.95 bits per heavy atom. The maximum atomic E-state index is 10.4. The van der Waals surface area contributed by atoms with Gasteiger partial charge in [0.1, 0.15) is 17.6 Å². The van der Waals surface area contributed by atoms with Crippen LogP contribution in [-0.2, 0) is 6.54 Å². The van der Waals surface area contributed by atoms with Gasteiger partial charge in [0.25, 0.3) is 0 Å². The molecule has 1 atom stereocenters. The third-order valence-electron chi connectivity index (χ3n) is 3.25. The Balaban J connectivity index is 2.28. The largest absolute Gasteiger partial charge is 0.497 e. The minimum Gasteiger partial charge on any atom is -0.497 e. The van der Waals surface area contributed by atoms with E-state index in [0.29, 0.717) is 23.6 Å². The first-order chi connectivity index (χ1) is 9.55. The second-order valence-electron chi connectivity index (χ2n) is 4.73. The highest BCUT2D eigenvalue weighted by atomic mass is 16.5. The number of rotatable bonds is 5. The normalized spacial score (nSPS) is 12.2. The summed E-state index contributed by atoms with van der Waals surface area (Å²) in [5.41, 5.74) is 2.65. The molecule has 0 aliphatic rings. The van der Waals surface area contributed by atoms with Crippen LogP contribution in [-0.4, -0.2) is 29.1 Å². The van der Waals surface area contributed by atoms with Crippen LogP contribution in [0.3, 0.4) is 0 Å². The number of aryl methyl sites for hydroxylation is 2. The molecule has 0 amide bonds. The van der Waals surface area contributed by atoms with E-state index in [0.717, 1.165) is 11.4 Å². The number of nitrogens with zero attached hydrogens (tertiary/aromatic N) is 2. The number of aliphatic hydroxyl groups excluding tert-OH is 1. The number of hydrogen-bond donors (Lipinski definition) is 1. The van der Waals surface area contributed by atoms with Crippen molar-refractivity contribution in [3.05, 3.63) is 41.2 Å². The zero-order valence-corrected chi connectivity index (χ0v) is 12.3. The number of benzene rings is 1. The molecule has 1 aromatic heterocycles. The number of aliphatic hydroxyl groups is 1. The summed E-state index contributed by atoms with van der Waals surface area (Å²) in [7, 11) is 3.18. The van der Waals surface area contributed by atoms with Gasteiger partial charge < -0.3 is 14.6 Å². The van der Waals surface area contributed by atoms with E-state index in [-0.39, 0.29) is 0 Å². The Bertz CT molecular complexity index is 593. The van der Waals surface area contributed by atoms with Crippen molar-refractivity contribution >= 4 is 0 Å². The first-order valence-corrected chi connectivity index (χ1v) is 6.46. The molecular weight excluding hydrogens is 256 g/mol. The molecule has 2 aromatic rings. The summed E-state index contributed by atoms with van der Waals surface area (Å²) in [6.07, 6.45) is -0.710. The third-order valence-corrected chi connectivity index (χ3v) is 3.25. The van der Waals surface area contributed by atoms with E-state index in [4.69, 9.17) is 9.47 Å². The number of hydrogen-bond acceptors (Lipinski definition) is 4. The van der Waals surface area contributed by atoms with Gasteiger partial charge in [0, 0.05) is 11.3 Å². The highest BCUT2D eigenvalue weighted by molar-refractivity contribution is 5.41. The summed E-state index contributed by atoms with van der Waals surface area (Å²) >= 11 is 0. The molecule has 1 N–H and O–H groups in total. The van der Waals surface area contributed by atoms with Gasteiger partial charge in [-0.3, -0.25) is 4.68 Å². The molecule has 0 radical (unpaired) electrons. The Morgan fingerprint density at radius 3 is 2.50 bits per heavy atom. The van der Waals surface area contributed by atoms with Crippen molar-refractivity contribution in [1.82, 2.24) is 9.78 Å². The van der Waals surface area contributed by atoms with E-state index < -0.39 is 6.10 Å². The summed E-state index contributed by atoms with van der Waals surface area (Å²) < 4.78 is 12.3. The van der Waals surface area contributed by atoms with Crippen LogP contribution in [0.1, 0.15) is 23.1 Å². The molecule has 108 valence electrons. The van der Waals surface area contributed by atoms with Crippen LogP contribution in [0.25, 0.3) is 0 Å². The van der Waals surface area contributed by atoms with Gasteiger partial charge in [0.05, 0.1) is 26.5 Å². The minimum atomic E-state index is -0.710. The highest BCUT2D eigenvalue weighted by Crippen LogP contribution is 2.30. The van der Waals surface area contributed by atoms with E-state index >= 15 is 0 Å². The molecule has 0 fully saturated rings. The number of methoxy groups -OCH3 is 2. The topological polar surface area (TPSA) is 56.5 Å². The molecule has 5 nitrogen and oxygen atoms in total. The van der Waals surface area contributed by atoms with Gasteiger partial charge in [0.2, 0.25) is 0 Å². The van der Waals surface area contributed by atoms with Crippen molar-refractivity contribution in [2.75, 3.05) is 14.2 Å². The second-order valence-corrected chi connectivity index (χ2v) is 4.73. The van der Waals surface area contributed by atoms with Gasteiger partial charge in [-0.15, -0.1) is 0 Å². The van der Waals surface area contributed by atoms with E-state index in [2.05, 4.69) is 5.10 Å². The van der Waals surface area contributed by atoms with Crippen LogP contribution in [0.2, 0.25) is 0 Å². The van der Waals surface area contributed by atoms with Crippen molar-refractivity contribution in [2.45, 2.75) is 26.5 Å². The fraction of sp³-hybridized carbons (Fsp3) is 0.400. The summed E-state index contributed by atoms with van der Waals surface area (Å²) in [6.45, 7) is 4.28. The standard InChI is InChI=1S/C15H20N2O3/c1-10-7-11(2)17(16-10)9-14(18)13-8-12(19-3)5-6-15(13)20-4/h5-8,14,18H,9H2,1-4H3. The zero-order chi connectivity index (χ0) is 14.7. The van der Waals surface area contributed by atoms with Gasteiger partial charge in [-0.25, -0.2) is 0 Å². The van der Waals surface area contributed by atoms with Gasteiger partial charge in [0.15, 0.2) is 0 Å². The fourth-order valence-corrected chi connectivity index (χ4v) is 2.22. The lowest BCUT2D eigenvalue weighted by molar-refractivity contribution is 0.146. The van der Waals surface area contributed by atoms with Crippen LogP contribution in [0.15, 0.2) is 24.3 Å². The predicted octanol–water partition coefficient (Wildman–Crippen LogP) is 2.25. The van der Waals surface area contributed by atoms with Crippen molar-refractivity contribution in [3.63, 3.8) is 0 Å². The Kier molecular flexibility index (Phi) is 4.29. The molecule has 20 heavy (non-hydrogen) atoms. The van der Waals surface area contributed by atoms with Gasteiger partial charge >= 0.3 is 0 Å². The molecule has 2 rings (SSSR count). The third kappa shape index (κ3) is 2.93. The molecule has 0 bridgehead atoms. The molecule has 0 saturated carbocycles. The maximum Gasteiger partial charge on any atom is 0.125 e. The highest BCUT2D eigenvalue weighted by Gasteiger charge is 2.16. The summed E-state index contributed by atoms with van der Waals surface area (Å²) in [5, 5.41) is 14.8. The van der Waals surface area contributed by atoms with Gasteiger partial charge in [-0.05, 0) is 38.1 Å². The Hall–Kier alpha value is -2.01. The lowest BCUT2D eigenvalue weighted by Crippen LogP contribution is -2.12. The molecule has 1 heterocycles. The zero-order valence-electron chi connectivity index (χ0n) is 12.3. The fourth-order valence-electron chi connectivity index (χ4n) is 2.22. The average molecular weight is 276 g/mol. The van der Waals surface area contributed by atoms with Crippen LogP contribution in [0, 0.1) is 13.8 Å². The first kappa shape index (κ1) is 14.4. The molecule has 0 aliphatic carbocycles. The molecular formula is C15H20N2O3. The van der Waals surface area contributed by atoms with Crippen molar-refractivity contribution in [1.29, 1.82) is 0 Å². The second kappa shape index (κ2) is 5.96. The quantitative estimate of drug-likeness (QED) is 0.910. The molecule has 0 spiro atoms. The van der Waals surface area contributed by atoms with Crippen LogP contribution < -0.4 is 9.47 Å². The smallest absolute Gasteiger partial charge is 0.125 e. The molecule has 1 aromatic carbocycles. The van der Waals surface area contributed by atoms with E-state index in [9.17, 15) is 5.11 Å². The van der Waals surface area contributed by atoms with E-state index in [1.54, 1.807) is 37.1 Å². The van der Waals surface area contributed by atoms with Crippen LogP contribution >= 0.6 is 0 Å². The van der Waals surface area contributed by atoms with Crippen molar-refractivity contribution < 1.29 is 14.6 Å². The number of ether oxygens (including phenoxy) is 2. The lowest BCUT2D eigenvalue weighted by atomic mass is 10.1. The van der Waals surface area contributed by atoms with Crippen LogP contribution in [0.4, 0.5) is 0 Å². The van der Waals surface area contributed by atoms with E-state index in [1.165, 1.54) is 0 Å². The lowest BCUT2D eigenvalue weighted by Gasteiger charge is -2.16. The SMILES string of the molecule is COc1ccc(OC)c(C(O)Cn2nc(C)cc2C)c1. The maximum absolute atomic E-state index is 10.4. The monoisotopic (exact) mass is 276 g/mol. The van der Waals surface area contributed by atoms with E-state index in [1.807, 2.05) is 19.9 Å². The van der Waals surface area contributed by atoms with Crippen molar-refractivity contribution in [3.8, 4) is 11.5 Å². The van der Waals surface area contributed by atoms with Crippen molar-refractivity contribution in [2.24, 2.45) is 0 Å². The van der Waals surface area contributed by atoms with Gasteiger partial charge in [-0.2, -0.15) is 5.10 Å². The molecule has 5 heteroatoms. The summed E-state index contributed by atoms with van der Waals surface area (Å²) in [5.74, 6) is 1.33.